The van der Waals surface area contributed by atoms with Gasteiger partial charge in [0.2, 0.25) is 0 Å². The predicted octanol–water partition coefficient (Wildman–Crippen LogP) is 11.1. The molecule has 6 heteroatoms. The SMILES string of the molecule is C[Si]1(C)c2ccccc2-c2c1cc(-c1nc(-c3ccc(-c4ccccc4)cc3)nc(-c3ccc4oc5ccccc5c4c3)n1)c1c2oc2ccccc21. The van der Waals surface area contributed by atoms with Crippen molar-refractivity contribution in [3.8, 4) is 56.4 Å². The van der Waals surface area contributed by atoms with Gasteiger partial charge in [-0.25, -0.2) is 15.0 Å². The van der Waals surface area contributed by atoms with Crippen LogP contribution >= 0.6 is 0 Å². The van der Waals surface area contributed by atoms with Crippen molar-refractivity contribution in [2.75, 3.05) is 0 Å². The number of hydrogen-bond donors (Lipinski definition) is 0. The Kier molecular flexibility index (Phi) is 6.34. The van der Waals surface area contributed by atoms with Crippen molar-refractivity contribution in [2.45, 2.75) is 13.1 Å². The molecular formula is C47H31N3O2Si. The molecule has 10 aromatic rings. The Labute approximate surface area is 306 Å². The molecule has 0 radical (unpaired) electrons. The molecule has 1 aliphatic heterocycles. The molecule has 0 spiro atoms. The van der Waals surface area contributed by atoms with E-state index >= 15 is 0 Å². The molecule has 0 aliphatic carbocycles. The minimum Gasteiger partial charge on any atom is -0.456 e. The smallest absolute Gasteiger partial charge is 0.164 e. The quantitative estimate of drug-likeness (QED) is 0.171. The lowest BCUT2D eigenvalue weighted by Gasteiger charge is -2.19. The number of hydrogen-bond acceptors (Lipinski definition) is 5. The standard InChI is InChI=1S/C47H31N3O2Si/c1-53(2)40-19-11-8-16-34(40)43-41(53)27-36(42-33-15-7-10-18-38(33)52-44(42)43)47-49-45(30-22-20-29(21-23-30)28-12-4-3-5-13-28)48-46(50-47)31-24-25-39-35(26-31)32-14-6-9-17-37(32)51-39/h3-27H,1-2H3. The number of benzene rings is 7. The van der Waals surface area contributed by atoms with Crippen LogP contribution in [0.25, 0.3) is 100 Å². The highest BCUT2D eigenvalue weighted by atomic mass is 28.3. The van der Waals surface area contributed by atoms with Gasteiger partial charge in [0, 0.05) is 43.8 Å². The summed E-state index contributed by atoms with van der Waals surface area (Å²) in [5, 5.41) is 6.92. The van der Waals surface area contributed by atoms with Crippen LogP contribution in [0.4, 0.5) is 0 Å². The van der Waals surface area contributed by atoms with Crippen LogP contribution in [0.1, 0.15) is 0 Å². The highest BCUT2D eigenvalue weighted by Gasteiger charge is 2.40. The lowest BCUT2D eigenvalue weighted by molar-refractivity contribution is 0.669. The number of rotatable bonds is 4. The van der Waals surface area contributed by atoms with Crippen molar-refractivity contribution in [2.24, 2.45) is 0 Å². The summed E-state index contributed by atoms with van der Waals surface area (Å²) in [6, 6.07) is 52.7. The summed E-state index contributed by atoms with van der Waals surface area (Å²) in [7, 11) is -2.10. The number of aromatic nitrogens is 3. The van der Waals surface area contributed by atoms with Gasteiger partial charge in [-0.2, -0.15) is 0 Å². The average Bonchev–Trinajstić information content (AvgIpc) is 3.85. The average molecular weight is 698 g/mol. The highest BCUT2D eigenvalue weighted by molar-refractivity contribution is 7.04. The van der Waals surface area contributed by atoms with Crippen LogP contribution < -0.4 is 10.4 Å². The Morgan fingerprint density at radius 3 is 1.81 bits per heavy atom. The summed E-state index contributed by atoms with van der Waals surface area (Å²) in [5.41, 5.74) is 11.0. The molecule has 0 bridgehead atoms. The molecule has 0 saturated carbocycles. The van der Waals surface area contributed by atoms with Crippen molar-refractivity contribution >= 4 is 62.3 Å². The molecule has 53 heavy (non-hydrogen) atoms. The monoisotopic (exact) mass is 697 g/mol. The van der Waals surface area contributed by atoms with Crippen molar-refractivity contribution < 1.29 is 8.83 Å². The normalized spacial score (nSPS) is 13.2. The van der Waals surface area contributed by atoms with Gasteiger partial charge in [0.1, 0.15) is 30.4 Å². The molecule has 1 aliphatic rings. The summed E-state index contributed by atoms with van der Waals surface area (Å²) in [4.78, 5) is 15.8. The number of nitrogens with zero attached hydrogens (tertiary/aromatic N) is 3. The molecule has 7 aromatic carbocycles. The van der Waals surface area contributed by atoms with Crippen LogP contribution in [0.2, 0.25) is 13.1 Å². The molecule has 0 atom stereocenters. The number of furan rings is 2. The fourth-order valence-electron chi connectivity index (χ4n) is 8.29. The molecule has 11 rings (SSSR count). The number of fused-ring (bicyclic) bond motifs is 10. The van der Waals surface area contributed by atoms with E-state index in [1.807, 2.05) is 42.5 Å². The largest absolute Gasteiger partial charge is 0.456 e. The lowest BCUT2D eigenvalue weighted by atomic mass is 9.98. The van der Waals surface area contributed by atoms with Gasteiger partial charge in [0.15, 0.2) is 17.5 Å². The van der Waals surface area contributed by atoms with E-state index in [1.54, 1.807) is 0 Å². The zero-order valence-corrected chi connectivity index (χ0v) is 30.1. The summed E-state index contributed by atoms with van der Waals surface area (Å²) >= 11 is 0. The van der Waals surface area contributed by atoms with E-state index in [4.69, 9.17) is 23.8 Å². The Morgan fingerprint density at radius 1 is 0.415 bits per heavy atom. The second-order valence-corrected chi connectivity index (χ2v) is 18.7. The highest BCUT2D eigenvalue weighted by Crippen LogP contribution is 2.44. The van der Waals surface area contributed by atoms with E-state index in [9.17, 15) is 0 Å². The Balaban J connectivity index is 1.19. The van der Waals surface area contributed by atoms with Crippen molar-refractivity contribution in [1.82, 2.24) is 15.0 Å². The molecule has 0 N–H and O–H groups in total. The first-order valence-corrected chi connectivity index (χ1v) is 20.9. The van der Waals surface area contributed by atoms with Gasteiger partial charge in [-0.05, 0) is 63.5 Å². The lowest BCUT2D eigenvalue weighted by Crippen LogP contribution is -2.49. The van der Waals surface area contributed by atoms with Gasteiger partial charge in [0.25, 0.3) is 0 Å². The Morgan fingerprint density at radius 2 is 1.00 bits per heavy atom. The van der Waals surface area contributed by atoms with E-state index in [0.717, 1.165) is 71.7 Å². The minimum atomic E-state index is -2.10. The van der Waals surface area contributed by atoms with Crippen molar-refractivity contribution in [3.63, 3.8) is 0 Å². The second-order valence-electron chi connectivity index (χ2n) is 14.4. The van der Waals surface area contributed by atoms with Gasteiger partial charge in [0.05, 0.1) is 0 Å². The maximum Gasteiger partial charge on any atom is 0.164 e. The molecule has 0 saturated heterocycles. The van der Waals surface area contributed by atoms with Crippen LogP contribution in [0.3, 0.4) is 0 Å². The Bertz CT molecular complexity index is 3090. The molecule has 0 fully saturated rings. The minimum absolute atomic E-state index is 0.602. The predicted molar refractivity (Wildman–Crippen MR) is 218 cm³/mol. The topological polar surface area (TPSA) is 65.0 Å². The molecule has 0 unspecified atom stereocenters. The first-order valence-electron chi connectivity index (χ1n) is 17.9. The maximum absolute atomic E-state index is 6.81. The molecule has 0 amide bonds. The molecule has 5 nitrogen and oxygen atoms in total. The molecule has 250 valence electrons. The van der Waals surface area contributed by atoms with Crippen LogP contribution in [0, 0.1) is 0 Å². The van der Waals surface area contributed by atoms with Gasteiger partial charge in [-0.15, -0.1) is 0 Å². The van der Waals surface area contributed by atoms with Crippen LogP contribution in [0.15, 0.2) is 160 Å². The summed E-state index contributed by atoms with van der Waals surface area (Å²) in [5.74, 6) is 1.84. The summed E-state index contributed by atoms with van der Waals surface area (Å²) < 4.78 is 13.0. The molecular weight excluding hydrogens is 667 g/mol. The van der Waals surface area contributed by atoms with Gasteiger partial charge < -0.3 is 8.83 Å². The van der Waals surface area contributed by atoms with E-state index in [2.05, 4.69) is 122 Å². The number of para-hydroxylation sites is 2. The second kappa shape index (κ2) is 11.2. The van der Waals surface area contributed by atoms with Gasteiger partial charge in [-0.3, -0.25) is 0 Å². The maximum atomic E-state index is 6.81. The fraction of sp³-hybridized carbons (Fsp3) is 0.0426. The van der Waals surface area contributed by atoms with E-state index in [0.29, 0.717) is 17.5 Å². The fourth-order valence-corrected chi connectivity index (χ4v) is 11.4. The van der Waals surface area contributed by atoms with Crippen LogP contribution in [-0.4, -0.2) is 23.0 Å². The van der Waals surface area contributed by atoms with Gasteiger partial charge in [-0.1, -0.05) is 128 Å². The zero-order valence-electron chi connectivity index (χ0n) is 29.1. The van der Waals surface area contributed by atoms with Gasteiger partial charge >= 0.3 is 0 Å². The van der Waals surface area contributed by atoms with E-state index in [-0.39, 0.29) is 0 Å². The summed E-state index contributed by atoms with van der Waals surface area (Å²) in [6.07, 6.45) is 0. The van der Waals surface area contributed by atoms with Crippen LogP contribution in [0.5, 0.6) is 0 Å². The van der Waals surface area contributed by atoms with Crippen LogP contribution in [-0.2, 0) is 0 Å². The zero-order chi connectivity index (χ0) is 35.3. The summed E-state index contributed by atoms with van der Waals surface area (Å²) in [6.45, 7) is 4.86. The third-order valence-electron chi connectivity index (χ3n) is 11.0. The Hall–Kier alpha value is -6.63. The third-order valence-corrected chi connectivity index (χ3v) is 14.5. The van der Waals surface area contributed by atoms with Crippen molar-refractivity contribution in [3.05, 3.63) is 152 Å². The van der Waals surface area contributed by atoms with E-state index < -0.39 is 8.07 Å². The van der Waals surface area contributed by atoms with E-state index in [1.165, 1.54) is 21.5 Å². The third kappa shape index (κ3) is 4.52. The molecule has 3 aromatic heterocycles. The molecule has 4 heterocycles. The first kappa shape index (κ1) is 30.0. The van der Waals surface area contributed by atoms with Crippen molar-refractivity contribution in [1.29, 1.82) is 0 Å². The first-order chi connectivity index (χ1) is 26.0.